The van der Waals surface area contributed by atoms with E-state index in [-0.39, 0.29) is 27.7 Å². The predicted octanol–water partition coefficient (Wildman–Crippen LogP) is 4.33. The number of non-ortho nitro benzene ring substituents is 1. The van der Waals surface area contributed by atoms with Gasteiger partial charge in [-0.3, -0.25) is 19.7 Å². The van der Waals surface area contributed by atoms with Crippen LogP contribution in [0.15, 0.2) is 47.3 Å². The second kappa shape index (κ2) is 11.4. The molecule has 0 atom stereocenters. The lowest BCUT2D eigenvalue weighted by molar-refractivity contribution is -0.384. The number of carbonyl (C=O) groups excluding carboxylic acids is 2. The number of amides is 1. The van der Waals surface area contributed by atoms with Gasteiger partial charge in [0.2, 0.25) is 0 Å². The molecule has 1 aromatic heterocycles. The van der Waals surface area contributed by atoms with Gasteiger partial charge in [0.1, 0.15) is 0 Å². The normalized spacial score (nSPS) is 10.8. The minimum Gasteiger partial charge on any atom is -0.451 e. The number of nitrogens with zero attached hydrogens (tertiary/aromatic N) is 3. The third-order valence-electron chi connectivity index (χ3n) is 5.05. The molecule has 3 rings (SSSR count). The number of esters is 1. The lowest BCUT2D eigenvalue weighted by Crippen LogP contribution is -2.28. The summed E-state index contributed by atoms with van der Waals surface area (Å²) in [5.41, 5.74) is -0.622. The molecular weight excluding hydrogens is 464 g/mol. The van der Waals surface area contributed by atoms with E-state index < -0.39 is 23.4 Å². The van der Waals surface area contributed by atoms with Gasteiger partial charge in [0.05, 0.1) is 21.0 Å². The zero-order valence-electron chi connectivity index (χ0n) is 18.5. The van der Waals surface area contributed by atoms with Crippen LogP contribution in [0.2, 0.25) is 5.02 Å². The van der Waals surface area contributed by atoms with Crippen molar-refractivity contribution in [3.8, 4) is 0 Å². The maximum absolute atomic E-state index is 12.8. The van der Waals surface area contributed by atoms with Crippen LogP contribution in [0.5, 0.6) is 0 Å². The van der Waals surface area contributed by atoms with Gasteiger partial charge in [0, 0.05) is 24.1 Å². The van der Waals surface area contributed by atoms with Gasteiger partial charge in [-0.25, -0.2) is 9.48 Å². The molecule has 3 aromatic rings. The predicted molar refractivity (Wildman–Crippen MR) is 127 cm³/mol. The molecule has 0 unspecified atom stereocenters. The molecule has 0 bridgehead atoms. The van der Waals surface area contributed by atoms with Crippen LogP contribution in [0.1, 0.15) is 43.1 Å². The molecule has 11 heteroatoms. The number of aryl methyl sites for hydroxylation is 1. The summed E-state index contributed by atoms with van der Waals surface area (Å²) in [6.45, 7) is 1.76. The number of hydrogen-bond donors (Lipinski definition) is 1. The lowest BCUT2D eigenvalue weighted by Gasteiger charge is -2.11. The Hall–Kier alpha value is -3.79. The Labute approximate surface area is 199 Å². The summed E-state index contributed by atoms with van der Waals surface area (Å²) in [6, 6.07) is 10.1. The summed E-state index contributed by atoms with van der Waals surface area (Å²) in [5, 5.41) is 18.3. The van der Waals surface area contributed by atoms with E-state index in [1.54, 1.807) is 24.3 Å². The number of benzene rings is 2. The second-order valence-electron chi connectivity index (χ2n) is 7.53. The van der Waals surface area contributed by atoms with E-state index >= 15 is 0 Å². The number of anilines is 1. The number of fused-ring (bicyclic) bond motifs is 1. The highest BCUT2D eigenvalue weighted by molar-refractivity contribution is 6.33. The quantitative estimate of drug-likeness (QED) is 0.195. The highest BCUT2D eigenvalue weighted by atomic mass is 35.5. The van der Waals surface area contributed by atoms with E-state index in [4.69, 9.17) is 16.3 Å². The number of nitro benzene ring substituents is 1. The van der Waals surface area contributed by atoms with Crippen LogP contribution in [0, 0.1) is 10.1 Å². The average Bonchev–Trinajstić information content (AvgIpc) is 2.83. The van der Waals surface area contributed by atoms with Gasteiger partial charge in [0.15, 0.2) is 12.3 Å². The van der Waals surface area contributed by atoms with Gasteiger partial charge in [-0.1, -0.05) is 56.0 Å². The van der Waals surface area contributed by atoms with Gasteiger partial charge in [0.25, 0.3) is 17.2 Å². The van der Waals surface area contributed by atoms with E-state index in [1.807, 2.05) is 0 Å². The molecule has 0 spiro atoms. The first kappa shape index (κ1) is 24.8. The molecule has 0 fully saturated rings. The van der Waals surface area contributed by atoms with E-state index in [9.17, 15) is 24.5 Å². The van der Waals surface area contributed by atoms with Gasteiger partial charge in [-0.2, -0.15) is 5.10 Å². The van der Waals surface area contributed by atoms with Crippen molar-refractivity contribution in [2.45, 2.75) is 39.2 Å². The zero-order valence-corrected chi connectivity index (χ0v) is 19.2. The molecule has 1 N–H and O–H groups in total. The van der Waals surface area contributed by atoms with Crippen LogP contribution in [0.3, 0.4) is 0 Å². The Morgan fingerprint density at radius 1 is 1.15 bits per heavy atom. The van der Waals surface area contributed by atoms with Crippen LogP contribution in [0.4, 0.5) is 11.4 Å². The van der Waals surface area contributed by atoms with Crippen molar-refractivity contribution in [3.63, 3.8) is 0 Å². The standard InChI is InChI=1S/C23H23ClN4O6/c1-2-3-4-7-12-27-22(30)17-9-6-5-8-16(17)21(26-27)23(31)34-14-20(29)25-19-13-15(28(32)33)10-11-18(19)24/h5-6,8-11,13H,2-4,7,12,14H2,1H3,(H,25,29). The molecule has 0 aliphatic carbocycles. The maximum atomic E-state index is 12.8. The Kier molecular flexibility index (Phi) is 8.31. The van der Waals surface area contributed by atoms with E-state index in [0.717, 1.165) is 31.7 Å². The first-order valence-corrected chi connectivity index (χ1v) is 11.1. The first-order valence-electron chi connectivity index (χ1n) is 10.7. The van der Waals surface area contributed by atoms with Crippen molar-refractivity contribution in [3.05, 3.63) is 73.6 Å². The summed E-state index contributed by atoms with van der Waals surface area (Å²) < 4.78 is 6.37. The number of nitrogens with one attached hydrogen (secondary N) is 1. The van der Waals surface area contributed by atoms with Crippen LogP contribution >= 0.6 is 11.6 Å². The van der Waals surface area contributed by atoms with Crippen molar-refractivity contribution < 1.29 is 19.2 Å². The smallest absolute Gasteiger partial charge is 0.359 e. The van der Waals surface area contributed by atoms with Gasteiger partial charge >= 0.3 is 5.97 Å². The van der Waals surface area contributed by atoms with Crippen molar-refractivity contribution in [1.82, 2.24) is 9.78 Å². The van der Waals surface area contributed by atoms with E-state index in [2.05, 4.69) is 17.3 Å². The van der Waals surface area contributed by atoms with Crippen LogP contribution < -0.4 is 10.9 Å². The molecule has 0 radical (unpaired) electrons. The zero-order chi connectivity index (χ0) is 24.7. The van der Waals surface area contributed by atoms with E-state index in [1.165, 1.54) is 16.8 Å². The molecule has 10 nitrogen and oxygen atoms in total. The Morgan fingerprint density at radius 2 is 1.88 bits per heavy atom. The topological polar surface area (TPSA) is 133 Å². The summed E-state index contributed by atoms with van der Waals surface area (Å²) in [4.78, 5) is 48.1. The molecule has 0 saturated carbocycles. The van der Waals surface area contributed by atoms with Crippen LogP contribution in [-0.2, 0) is 16.1 Å². The number of hydrogen-bond acceptors (Lipinski definition) is 7. The molecule has 1 heterocycles. The summed E-state index contributed by atoms with van der Waals surface area (Å²) in [5.74, 6) is -1.62. The third kappa shape index (κ3) is 5.96. The van der Waals surface area contributed by atoms with Crippen LogP contribution in [-0.4, -0.2) is 33.2 Å². The molecule has 178 valence electrons. The van der Waals surface area contributed by atoms with Crippen molar-refractivity contribution in [2.24, 2.45) is 0 Å². The van der Waals surface area contributed by atoms with Gasteiger partial charge in [-0.05, 0) is 18.6 Å². The fraction of sp³-hybridized carbons (Fsp3) is 0.304. The lowest BCUT2D eigenvalue weighted by atomic mass is 10.1. The van der Waals surface area contributed by atoms with Gasteiger partial charge in [-0.15, -0.1) is 0 Å². The Balaban J connectivity index is 1.76. The van der Waals surface area contributed by atoms with Crippen molar-refractivity contribution in [2.75, 3.05) is 11.9 Å². The molecule has 0 aliphatic rings. The minimum absolute atomic E-state index is 0.0149. The van der Waals surface area contributed by atoms with Crippen molar-refractivity contribution in [1.29, 1.82) is 0 Å². The molecule has 34 heavy (non-hydrogen) atoms. The summed E-state index contributed by atoms with van der Waals surface area (Å²) in [7, 11) is 0. The van der Waals surface area contributed by atoms with E-state index in [0.29, 0.717) is 17.3 Å². The van der Waals surface area contributed by atoms with Crippen LogP contribution in [0.25, 0.3) is 10.8 Å². The monoisotopic (exact) mass is 486 g/mol. The maximum Gasteiger partial charge on any atom is 0.359 e. The average molecular weight is 487 g/mol. The highest BCUT2D eigenvalue weighted by Gasteiger charge is 2.20. The fourth-order valence-electron chi connectivity index (χ4n) is 3.33. The number of halogens is 1. The van der Waals surface area contributed by atoms with Gasteiger partial charge < -0.3 is 10.1 Å². The Morgan fingerprint density at radius 3 is 2.59 bits per heavy atom. The largest absolute Gasteiger partial charge is 0.451 e. The van der Waals surface area contributed by atoms with Crippen molar-refractivity contribution >= 4 is 45.6 Å². The SMILES string of the molecule is CCCCCCn1nc(C(=O)OCC(=O)Nc2cc([N+](=O)[O-])ccc2Cl)c2ccccc2c1=O. The number of carbonyl (C=O) groups is 2. The number of ether oxygens (including phenoxy) is 1. The number of nitro groups is 1. The summed E-state index contributed by atoms with van der Waals surface area (Å²) in [6.07, 6.45) is 3.74. The first-order chi connectivity index (χ1) is 16.3. The molecule has 0 aliphatic heterocycles. The summed E-state index contributed by atoms with van der Waals surface area (Å²) >= 11 is 5.98. The Bertz CT molecular complexity index is 1290. The highest BCUT2D eigenvalue weighted by Crippen LogP contribution is 2.26. The number of unbranched alkanes of at least 4 members (excludes halogenated alkanes) is 3. The third-order valence-corrected chi connectivity index (χ3v) is 5.38. The molecule has 1 amide bonds. The fourth-order valence-corrected chi connectivity index (χ4v) is 3.50. The minimum atomic E-state index is -0.876. The molecular formula is C23H23ClN4O6. The molecule has 2 aromatic carbocycles. The number of rotatable bonds is 10. The second-order valence-corrected chi connectivity index (χ2v) is 7.94. The molecule has 0 saturated heterocycles. The number of aromatic nitrogens is 2.